The van der Waals surface area contributed by atoms with Crippen LogP contribution >= 0.6 is 0 Å². The number of carbonyl (C=O) groups is 2. The number of carboxylic acid groups (broad SMARTS) is 2. The summed E-state index contributed by atoms with van der Waals surface area (Å²) in [4.78, 5) is 21.2. The molecule has 0 amide bonds. The van der Waals surface area contributed by atoms with Gasteiger partial charge in [0.15, 0.2) is 0 Å². The molecular weight excluding hydrogens is 364 g/mol. The average molecular weight is 401 g/mol. The Morgan fingerprint density at radius 2 is 1.07 bits per heavy atom. The standard InChI is InChI=1S/C20H39NO4.2Na/c1-2-3-4-5-6-7-8-9-10-11-12-13-14-15-16-21-18(20(24)25)17-19(22)23;;/h18,21H,2-17H2,1H3,(H,22,23)(H,24,25);;/q;2*+1/p-2/t18-;;/m0../s1. The van der Waals surface area contributed by atoms with E-state index in [0.29, 0.717) is 6.54 Å². The summed E-state index contributed by atoms with van der Waals surface area (Å²) in [6.45, 7) is 2.75. The first kappa shape index (κ1) is 32.6. The number of hydrogen-bond donors (Lipinski definition) is 1. The van der Waals surface area contributed by atoms with Crippen LogP contribution in [0.3, 0.4) is 0 Å². The third-order valence-electron chi connectivity index (χ3n) is 4.58. The van der Waals surface area contributed by atoms with E-state index in [2.05, 4.69) is 12.2 Å². The topological polar surface area (TPSA) is 92.3 Å². The molecule has 0 rings (SSSR count). The van der Waals surface area contributed by atoms with Crippen LogP contribution in [-0.4, -0.2) is 24.5 Å². The second-order valence-electron chi connectivity index (χ2n) is 7.00. The molecule has 0 radical (unpaired) electrons. The Kier molecular flexibility index (Phi) is 30.1. The first-order valence-corrected chi connectivity index (χ1v) is 10.2. The molecule has 0 bridgehead atoms. The predicted octanol–water partition coefficient (Wildman–Crippen LogP) is -3.68. The van der Waals surface area contributed by atoms with Gasteiger partial charge < -0.3 is 25.1 Å². The minimum absolute atomic E-state index is 0. The quantitative estimate of drug-likeness (QED) is 0.178. The van der Waals surface area contributed by atoms with Gasteiger partial charge in [0, 0.05) is 12.4 Å². The van der Waals surface area contributed by atoms with Crippen molar-refractivity contribution in [3.63, 3.8) is 0 Å². The van der Waals surface area contributed by atoms with Crippen molar-refractivity contribution in [2.24, 2.45) is 0 Å². The second-order valence-corrected chi connectivity index (χ2v) is 7.00. The fourth-order valence-corrected chi connectivity index (χ4v) is 3.00. The molecule has 0 heterocycles. The first-order valence-electron chi connectivity index (χ1n) is 10.2. The molecule has 0 aromatic rings. The van der Waals surface area contributed by atoms with E-state index in [4.69, 9.17) is 0 Å². The second kappa shape index (κ2) is 24.9. The Morgan fingerprint density at radius 1 is 0.704 bits per heavy atom. The Labute approximate surface area is 210 Å². The van der Waals surface area contributed by atoms with E-state index in [-0.39, 0.29) is 59.1 Å². The van der Waals surface area contributed by atoms with E-state index in [1.54, 1.807) is 0 Å². The van der Waals surface area contributed by atoms with Gasteiger partial charge in [0.25, 0.3) is 0 Å². The van der Waals surface area contributed by atoms with Gasteiger partial charge in [-0.15, -0.1) is 0 Å². The Balaban J connectivity index is -0.00000288. The molecule has 1 atom stereocenters. The van der Waals surface area contributed by atoms with Gasteiger partial charge in [0.2, 0.25) is 0 Å². The summed E-state index contributed by atoms with van der Waals surface area (Å²) in [5.74, 6) is -2.75. The molecule has 0 aliphatic rings. The maximum absolute atomic E-state index is 10.7. The van der Waals surface area contributed by atoms with Crippen molar-refractivity contribution >= 4 is 11.9 Å². The van der Waals surface area contributed by atoms with Crippen molar-refractivity contribution in [3.8, 4) is 0 Å². The SMILES string of the molecule is CCCCCCCCCCCCCCCCN[C@@H](CC(=O)[O-])C(=O)[O-].[Na+].[Na+]. The molecule has 0 fully saturated rings. The molecule has 0 spiro atoms. The third-order valence-corrected chi connectivity index (χ3v) is 4.58. The first-order chi connectivity index (χ1) is 12.1. The molecule has 0 saturated carbocycles. The van der Waals surface area contributed by atoms with Crippen LogP contribution < -0.4 is 74.6 Å². The number of carbonyl (C=O) groups excluding carboxylic acids is 2. The Hall–Kier alpha value is 0.900. The van der Waals surface area contributed by atoms with Crippen molar-refractivity contribution < 1.29 is 78.9 Å². The maximum Gasteiger partial charge on any atom is 1.00 e. The number of hydrogen-bond acceptors (Lipinski definition) is 5. The molecule has 5 nitrogen and oxygen atoms in total. The summed E-state index contributed by atoms with van der Waals surface area (Å²) < 4.78 is 0. The third kappa shape index (κ3) is 24.9. The van der Waals surface area contributed by atoms with Crippen LogP contribution in [-0.2, 0) is 9.59 Å². The predicted molar refractivity (Wildman–Crippen MR) is 96.7 cm³/mol. The number of unbranched alkanes of at least 4 members (excludes halogenated alkanes) is 13. The van der Waals surface area contributed by atoms with Gasteiger partial charge in [-0.05, 0) is 13.0 Å². The van der Waals surface area contributed by atoms with E-state index in [0.717, 1.165) is 19.3 Å². The van der Waals surface area contributed by atoms with Gasteiger partial charge in [-0.25, -0.2) is 0 Å². The number of rotatable bonds is 19. The molecular formula is C20H37NNa2O4. The molecule has 27 heavy (non-hydrogen) atoms. The summed E-state index contributed by atoms with van der Waals surface area (Å²) in [6, 6.07) is -1.15. The van der Waals surface area contributed by atoms with Crippen molar-refractivity contribution in [1.29, 1.82) is 0 Å². The Morgan fingerprint density at radius 3 is 1.41 bits per heavy atom. The summed E-state index contributed by atoms with van der Waals surface area (Å²) in [5, 5.41) is 23.9. The molecule has 7 heteroatoms. The summed E-state index contributed by atoms with van der Waals surface area (Å²) >= 11 is 0. The fourth-order valence-electron chi connectivity index (χ4n) is 3.00. The molecule has 0 saturated heterocycles. The van der Waals surface area contributed by atoms with Gasteiger partial charge in [0.1, 0.15) is 0 Å². The van der Waals surface area contributed by atoms with E-state index in [1.165, 1.54) is 70.6 Å². The van der Waals surface area contributed by atoms with Crippen LogP contribution in [0.25, 0.3) is 0 Å². The minimum atomic E-state index is -1.38. The van der Waals surface area contributed by atoms with Crippen molar-refractivity contribution in [2.45, 2.75) is 109 Å². The molecule has 1 N–H and O–H groups in total. The van der Waals surface area contributed by atoms with Crippen LogP contribution in [0.1, 0.15) is 103 Å². The normalized spacial score (nSPS) is 11.3. The van der Waals surface area contributed by atoms with E-state index in [1.807, 2.05) is 0 Å². The monoisotopic (exact) mass is 401 g/mol. The summed E-state index contributed by atoms with van der Waals surface area (Å²) in [6.07, 6.45) is 17.2. The zero-order valence-corrected chi connectivity index (χ0v) is 22.0. The van der Waals surface area contributed by atoms with E-state index >= 15 is 0 Å². The minimum Gasteiger partial charge on any atom is -0.550 e. The van der Waals surface area contributed by atoms with E-state index < -0.39 is 24.4 Å². The van der Waals surface area contributed by atoms with Gasteiger partial charge in [0.05, 0.1) is 12.0 Å². The molecule has 0 aliphatic carbocycles. The van der Waals surface area contributed by atoms with Crippen LogP contribution in [0.15, 0.2) is 0 Å². The van der Waals surface area contributed by atoms with Gasteiger partial charge in [-0.3, -0.25) is 0 Å². The van der Waals surface area contributed by atoms with Crippen molar-refractivity contribution in [1.82, 2.24) is 5.32 Å². The smallest absolute Gasteiger partial charge is 0.550 e. The zero-order chi connectivity index (χ0) is 18.8. The number of aliphatic carboxylic acids is 2. The summed E-state index contributed by atoms with van der Waals surface area (Å²) in [7, 11) is 0. The molecule has 0 aliphatic heterocycles. The molecule has 0 unspecified atom stereocenters. The largest absolute Gasteiger partial charge is 1.00 e. The number of carboxylic acids is 2. The van der Waals surface area contributed by atoms with Gasteiger partial charge in [-0.1, -0.05) is 90.4 Å². The summed E-state index contributed by atoms with van der Waals surface area (Å²) in [5.41, 5.74) is 0. The van der Waals surface area contributed by atoms with Gasteiger partial charge in [-0.2, -0.15) is 0 Å². The van der Waals surface area contributed by atoms with Crippen LogP contribution in [0.5, 0.6) is 0 Å². The van der Waals surface area contributed by atoms with Gasteiger partial charge >= 0.3 is 59.1 Å². The number of nitrogens with one attached hydrogen (secondary N) is 1. The maximum atomic E-state index is 10.7. The van der Waals surface area contributed by atoms with Crippen LogP contribution in [0.4, 0.5) is 0 Å². The zero-order valence-electron chi connectivity index (χ0n) is 18.0. The fraction of sp³-hybridized carbons (Fsp3) is 0.900. The van der Waals surface area contributed by atoms with Crippen molar-refractivity contribution in [3.05, 3.63) is 0 Å². The average Bonchev–Trinajstić information content (AvgIpc) is 2.56. The molecule has 0 aromatic heterocycles. The van der Waals surface area contributed by atoms with Crippen molar-refractivity contribution in [2.75, 3.05) is 6.54 Å². The Bertz CT molecular complexity index is 344. The van der Waals surface area contributed by atoms with Crippen LogP contribution in [0, 0.1) is 0 Å². The van der Waals surface area contributed by atoms with E-state index in [9.17, 15) is 19.8 Å². The molecule has 148 valence electrons. The van der Waals surface area contributed by atoms with Crippen LogP contribution in [0.2, 0.25) is 0 Å². The molecule has 0 aromatic carbocycles.